The van der Waals surface area contributed by atoms with Gasteiger partial charge in [0.2, 0.25) is 5.95 Å². The molecule has 0 aliphatic carbocycles. The van der Waals surface area contributed by atoms with Gasteiger partial charge in [-0.3, -0.25) is 0 Å². The van der Waals surface area contributed by atoms with Crippen molar-refractivity contribution in [1.82, 2.24) is 9.55 Å². The van der Waals surface area contributed by atoms with Crippen LogP contribution in [-0.2, 0) is 6.54 Å². The van der Waals surface area contributed by atoms with Crippen LogP contribution in [0.5, 0.6) is 0 Å². The number of nitrogens with zero attached hydrogens (tertiary/aromatic N) is 2. The third kappa shape index (κ3) is 4.69. The highest BCUT2D eigenvalue weighted by atomic mass is 15.2. The third-order valence-electron chi connectivity index (χ3n) is 2.71. The summed E-state index contributed by atoms with van der Waals surface area (Å²) < 4.78 is 2.21. The van der Waals surface area contributed by atoms with Gasteiger partial charge in [-0.1, -0.05) is 27.2 Å². The maximum Gasteiger partial charge on any atom is 0.202 e. The van der Waals surface area contributed by atoms with Crippen molar-refractivity contribution in [3.63, 3.8) is 0 Å². The van der Waals surface area contributed by atoms with Crippen molar-refractivity contribution >= 4 is 5.95 Å². The predicted octanol–water partition coefficient (Wildman–Crippen LogP) is 3.53. The van der Waals surface area contributed by atoms with Crippen LogP contribution in [0.15, 0.2) is 12.4 Å². The molecule has 0 saturated heterocycles. The average Bonchev–Trinajstić information content (AvgIpc) is 2.69. The number of nitrogens with one attached hydrogen (secondary N) is 1. The molecule has 1 heterocycles. The molecule has 0 aromatic carbocycles. The Kier molecular flexibility index (Phi) is 5.98. The number of unbranched alkanes of at least 4 members (excludes halogenated alkanes) is 1. The van der Waals surface area contributed by atoms with E-state index in [1.165, 1.54) is 25.7 Å². The quantitative estimate of drug-likeness (QED) is 0.683. The Morgan fingerprint density at radius 3 is 2.88 bits per heavy atom. The normalized spacial score (nSPS) is 11.0. The fraction of sp³-hybridized carbons (Fsp3) is 0.769. The maximum atomic E-state index is 4.34. The molecular formula is C13H25N3. The molecule has 0 aliphatic rings. The lowest BCUT2D eigenvalue weighted by atomic mass is 10.1. The van der Waals surface area contributed by atoms with Crippen molar-refractivity contribution in [3.8, 4) is 0 Å². The standard InChI is InChI=1S/C13H25N3/c1-4-5-10-16-11-9-15-13(16)14-8-6-7-12(2)3/h9,11-12H,4-8,10H2,1-3H3,(H,14,15). The Bertz CT molecular complexity index is 278. The first-order valence-corrected chi connectivity index (χ1v) is 6.49. The zero-order valence-electron chi connectivity index (χ0n) is 10.9. The van der Waals surface area contributed by atoms with E-state index in [4.69, 9.17) is 0 Å². The van der Waals surface area contributed by atoms with Crippen molar-refractivity contribution in [2.75, 3.05) is 11.9 Å². The van der Waals surface area contributed by atoms with Gasteiger partial charge in [-0.25, -0.2) is 4.98 Å². The van der Waals surface area contributed by atoms with Crippen molar-refractivity contribution < 1.29 is 0 Å². The summed E-state index contributed by atoms with van der Waals surface area (Å²) in [5.74, 6) is 1.82. The molecule has 0 aliphatic heterocycles. The Hall–Kier alpha value is -0.990. The van der Waals surface area contributed by atoms with Gasteiger partial charge in [-0.2, -0.15) is 0 Å². The number of hydrogen-bond donors (Lipinski definition) is 1. The number of aromatic nitrogens is 2. The summed E-state index contributed by atoms with van der Waals surface area (Å²) in [5.41, 5.74) is 0. The Morgan fingerprint density at radius 1 is 1.38 bits per heavy atom. The predicted molar refractivity (Wildman–Crippen MR) is 69.7 cm³/mol. The van der Waals surface area contributed by atoms with Crippen LogP contribution in [0.1, 0.15) is 46.5 Å². The van der Waals surface area contributed by atoms with E-state index in [1.807, 2.05) is 6.20 Å². The van der Waals surface area contributed by atoms with Crippen molar-refractivity contribution in [1.29, 1.82) is 0 Å². The van der Waals surface area contributed by atoms with Crippen molar-refractivity contribution in [3.05, 3.63) is 12.4 Å². The molecule has 1 aromatic heterocycles. The molecule has 0 spiro atoms. The second kappa shape index (κ2) is 7.31. The number of rotatable bonds is 8. The molecule has 0 unspecified atom stereocenters. The van der Waals surface area contributed by atoms with E-state index in [0.29, 0.717) is 0 Å². The largest absolute Gasteiger partial charge is 0.356 e. The van der Waals surface area contributed by atoms with Gasteiger partial charge < -0.3 is 9.88 Å². The average molecular weight is 223 g/mol. The summed E-state index contributed by atoms with van der Waals surface area (Å²) in [5, 5.41) is 3.41. The maximum absolute atomic E-state index is 4.34. The number of hydrogen-bond acceptors (Lipinski definition) is 2. The van der Waals surface area contributed by atoms with Gasteiger partial charge in [-0.15, -0.1) is 0 Å². The number of anilines is 1. The molecule has 3 heteroatoms. The lowest BCUT2D eigenvalue weighted by molar-refractivity contribution is 0.564. The van der Waals surface area contributed by atoms with Crippen LogP contribution in [0.4, 0.5) is 5.95 Å². The van der Waals surface area contributed by atoms with Crippen LogP contribution >= 0.6 is 0 Å². The second-order valence-corrected chi connectivity index (χ2v) is 4.76. The molecule has 0 fully saturated rings. The fourth-order valence-corrected chi connectivity index (χ4v) is 1.70. The SMILES string of the molecule is CCCCn1ccnc1NCCCC(C)C. The van der Waals surface area contributed by atoms with Gasteiger partial charge in [0.15, 0.2) is 0 Å². The molecule has 0 amide bonds. The third-order valence-corrected chi connectivity index (χ3v) is 2.71. The Labute approximate surface area is 99.3 Å². The highest BCUT2D eigenvalue weighted by molar-refractivity contribution is 5.25. The lowest BCUT2D eigenvalue weighted by Crippen LogP contribution is -2.09. The number of aryl methyl sites for hydroxylation is 1. The van der Waals surface area contributed by atoms with E-state index in [1.54, 1.807) is 0 Å². The monoisotopic (exact) mass is 223 g/mol. The second-order valence-electron chi connectivity index (χ2n) is 4.76. The summed E-state index contributed by atoms with van der Waals surface area (Å²) >= 11 is 0. The van der Waals surface area contributed by atoms with Gasteiger partial charge in [-0.05, 0) is 25.2 Å². The van der Waals surface area contributed by atoms with Gasteiger partial charge in [0.1, 0.15) is 0 Å². The van der Waals surface area contributed by atoms with Crippen LogP contribution in [0.3, 0.4) is 0 Å². The van der Waals surface area contributed by atoms with Gasteiger partial charge in [0, 0.05) is 25.5 Å². The summed E-state index contributed by atoms with van der Waals surface area (Å²) in [4.78, 5) is 4.34. The number of imidazole rings is 1. The molecule has 0 atom stereocenters. The molecule has 92 valence electrons. The molecule has 0 saturated carbocycles. The van der Waals surface area contributed by atoms with Gasteiger partial charge >= 0.3 is 0 Å². The topological polar surface area (TPSA) is 29.9 Å². The smallest absolute Gasteiger partial charge is 0.202 e. The van der Waals surface area contributed by atoms with E-state index in [-0.39, 0.29) is 0 Å². The van der Waals surface area contributed by atoms with Crippen LogP contribution in [0.25, 0.3) is 0 Å². The van der Waals surface area contributed by atoms with Crippen LogP contribution in [0, 0.1) is 5.92 Å². The van der Waals surface area contributed by atoms with E-state index in [0.717, 1.165) is 25.0 Å². The Morgan fingerprint density at radius 2 is 2.19 bits per heavy atom. The minimum atomic E-state index is 0.793. The molecular weight excluding hydrogens is 198 g/mol. The summed E-state index contributed by atoms with van der Waals surface area (Å²) in [7, 11) is 0. The van der Waals surface area contributed by atoms with E-state index < -0.39 is 0 Å². The van der Waals surface area contributed by atoms with E-state index >= 15 is 0 Å². The molecule has 16 heavy (non-hydrogen) atoms. The van der Waals surface area contributed by atoms with Crippen LogP contribution in [-0.4, -0.2) is 16.1 Å². The highest BCUT2D eigenvalue weighted by Gasteiger charge is 2.01. The molecule has 3 nitrogen and oxygen atoms in total. The van der Waals surface area contributed by atoms with Crippen LogP contribution in [0.2, 0.25) is 0 Å². The van der Waals surface area contributed by atoms with Gasteiger partial charge in [0.05, 0.1) is 0 Å². The van der Waals surface area contributed by atoms with Gasteiger partial charge in [0.25, 0.3) is 0 Å². The highest BCUT2D eigenvalue weighted by Crippen LogP contribution is 2.08. The minimum absolute atomic E-state index is 0.793. The first-order valence-electron chi connectivity index (χ1n) is 6.49. The summed E-state index contributed by atoms with van der Waals surface area (Å²) in [6, 6.07) is 0. The Balaban J connectivity index is 2.27. The van der Waals surface area contributed by atoms with E-state index in [2.05, 4.69) is 41.8 Å². The zero-order valence-corrected chi connectivity index (χ0v) is 10.9. The summed E-state index contributed by atoms with van der Waals surface area (Å²) in [6.07, 6.45) is 8.88. The molecule has 1 rings (SSSR count). The molecule has 1 N–H and O–H groups in total. The minimum Gasteiger partial charge on any atom is -0.356 e. The first-order chi connectivity index (χ1) is 7.74. The van der Waals surface area contributed by atoms with Crippen LogP contribution < -0.4 is 5.32 Å². The first kappa shape index (κ1) is 13.1. The molecule has 0 bridgehead atoms. The fourth-order valence-electron chi connectivity index (χ4n) is 1.70. The van der Waals surface area contributed by atoms with E-state index in [9.17, 15) is 0 Å². The zero-order chi connectivity index (χ0) is 11.8. The summed E-state index contributed by atoms with van der Waals surface area (Å²) in [6.45, 7) is 8.85. The molecule has 0 radical (unpaired) electrons. The van der Waals surface area contributed by atoms with Crippen molar-refractivity contribution in [2.45, 2.75) is 53.0 Å². The molecule has 1 aromatic rings. The van der Waals surface area contributed by atoms with Crippen molar-refractivity contribution in [2.24, 2.45) is 5.92 Å². The lowest BCUT2D eigenvalue weighted by Gasteiger charge is -2.10.